The summed E-state index contributed by atoms with van der Waals surface area (Å²) in [6.07, 6.45) is -3.08. The molecule has 5 aromatic rings. The molecule has 0 aliphatic heterocycles. The Balaban J connectivity index is 1.41. The summed E-state index contributed by atoms with van der Waals surface area (Å²) in [5, 5.41) is 12.8. The van der Waals surface area contributed by atoms with E-state index in [-0.39, 0.29) is 12.3 Å². The van der Waals surface area contributed by atoms with Crippen LogP contribution in [-0.2, 0) is 12.8 Å². The molecule has 0 bridgehead atoms. The van der Waals surface area contributed by atoms with E-state index in [1.165, 1.54) is 12.3 Å². The second kappa shape index (κ2) is 10.2. The molecule has 0 saturated carbocycles. The SMILES string of the molecule is O=C(O)c1cnn(-c2nccc(-c3ccccc3OCc3ccc(-c4ccccc4)cc3)n2)c1C(F)(F)F. The van der Waals surface area contributed by atoms with Crippen molar-refractivity contribution in [3.05, 3.63) is 114 Å². The number of aromatic carboxylic acids is 1. The second-order valence-electron chi connectivity index (χ2n) is 8.21. The van der Waals surface area contributed by atoms with Crippen LogP contribution >= 0.6 is 0 Å². The molecular weight excluding hydrogens is 497 g/mol. The Labute approximate surface area is 214 Å². The lowest BCUT2D eigenvalue weighted by molar-refractivity contribution is -0.143. The lowest BCUT2D eigenvalue weighted by Crippen LogP contribution is -2.18. The van der Waals surface area contributed by atoms with Crippen molar-refractivity contribution in [2.24, 2.45) is 0 Å². The standard InChI is InChI=1S/C28H19F3N4O3/c29-28(30,31)25-22(26(36)37)16-33-35(25)27-32-15-14-23(34-27)21-8-4-5-9-24(21)38-17-18-10-12-20(13-11-18)19-6-2-1-3-7-19/h1-16H,17H2,(H,36,37). The first-order chi connectivity index (χ1) is 18.3. The number of hydrogen-bond acceptors (Lipinski definition) is 5. The fraction of sp³-hybridized carbons (Fsp3) is 0.0714. The molecule has 0 aliphatic carbocycles. The van der Waals surface area contributed by atoms with Gasteiger partial charge in [0.05, 0.1) is 11.9 Å². The van der Waals surface area contributed by atoms with E-state index in [2.05, 4.69) is 15.1 Å². The molecule has 0 atom stereocenters. The van der Waals surface area contributed by atoms with Crippen LogP contribution in [0.5, 0.6) is 5.75 Å². The number of carboxylic acid groups (broad SMARTS) is 1. The van der Waals surface area contributed by atoms with Crippen molar-refractivity contribution < 1.29 is 27.8 Å². The highest BCUT2D eigenvalue weighted by molar-refractivity contribution is 5.89. The van der Waals surface area contributed by atoms with Crippen LogP contribution in [-0.4, -0.2) is 30.8 Å². The van der Waals surface area contributed by atoms with E-state index in [1.54, 1.807) is 24.3 Å². The maximum atomic E-state index is 13.7. The zero-order valence-electron chi connectivity index (χ0n) is 19.6. The number of ether oxygens (including phenoxy) is 1. The summed E-state index contributed by atoms with van der Waals surface area (Å²) in [4.78, 5) is 19.4. The minimum absolute atomic E-state index is 0.253. The highest BCUT2D eigenvalue weighted by atomic mass is 19.4. The largest absolute Gasteiger partial charge is 0.488 e. The van der Waals surface area contributed by atoms with Crippen molar-refractivity contribution in [3.8, 4) is 34.1 Å². The number of benzene rings is 3. The first kappa shape index (κ1) is 24.7. The van der Waals surface area contributed by atoms with E-state index in [0.29, 0.717) is 22.2 Å². The van der Waals surface area contributed by atoms with Gasteiger partial charge in [-0.05, 0) is 34.9 Å². The normalized spacial score (nSPS) is 11.3. The maximum Gasteiger partial charge on any atom is 0.434 e. The van der Waals surface area contributed by atoms with Crippen LogP contribution in [0.3, 0.4) is 0 Å². The van der Waals surface area contributed by atoms with E-state index < -0.39 is 29.4 Å². The molecule has 1 N–H and O–H groups in total. The molecule has 0 spiro atoms. The Morgan fingerprint density at radius 1 is 0.895 bits per heavy atom. The van der Waals surface area contributed by atoms with Crippen molar-refractivity contribution in [2.45, 2.75) is 12.8 Å². The number of hydrogen-bond donors (Lipinski definition) is 1. The summed E-state index contributed by atoms with van der Waals surface area (Å²) < 4.78 is 47.4. The van der Waals surface area contributed by atoms with Crippen LogP contribution in [0.25, 0.3) is 28.3 Å². The number of carboxylic acids is 1. The number of halogens is 3. The fourth-order valence-corrected chi connectivity index (χ4v) is 3.92. The molecule has 0 fully saturated rings. The minimum atomic E-state index is -4.99. The fourth-order valence-electron chi connectivity index (χ4n) is 3.92. The third-order valence-corrected chi connectivity index (χ3v) is 5.72. The lowest BCUT2D eigenvalue weighted by atomic mass is 10.0. The number of rotatable bonds is 7. The van der Waals surface area contributed by atoms with Gasteiger partial charge in [-0.2, -0.15) is 23.0 Å². The van der Waals surface area contributed by atoms with E-state index >= 15 is 0 Å². The molecule has 0 radical (unpaired) electrons. The summed E-state index contributed by atoms with van der Waals surface area (Å²) in [6, 6.07) is 26.4. The Hall–Kier alpha value is -4.99. The Morgan fingerprint density at radius 3 is 2.29 bits per heavy atom. The highest BCUT2D eigenvalue weighted by Gasteiger charge is 2.41. The van der Waals surface area contributed by atoms with Crippen LogP contribution in [0.1, 0.15) is 21.6 Å². The predicted octanol–water partition coefficient (Wildman–Crippen LogP) is 6.29. The third-order valence-electron chi connectivity index (χ3n) is 5.72. The van der Waals surface area contributed by atoms with Gasteiger partial charge in [-0.1, -0.05) is 66.7 Å². The van der Waals surface area contributed by atoms with Crippen molar-refractivity contribution in [1.29, 1.82) is 0 Å². The number of aromatic nitrogens is 4. The average molecular weight is 516 g/mol. The predicted molar refractivity (Wildman–Crippen MR) is 133 cm³/mol. The molecule has 7 nitrogen and oxygen atoms in total. The average Bonchev–Trinajstić information content (AvgIpc) is 3.40. The van der Waals surface area contributed by atoms with E-state index in [1.807, 2.05) is 54.6 Å². The van der Waals surface area contributed by atoms with Crippen molar-refractivity contribution in [3.63, 3.8) is 0 Å². The number of nitrogens with zero attached hydrogens (tertiary/aromatic N) is 4. The number of para-hydroxylation sites is 1. The van der Waals surface area contributed by atoms with Crippen molar-refractivity contribution in [1.82, 2.24) is 19.7 Å². The molecule has 5 rings (SSSR count). The summed E-state index contributed by atoms with van der Waals surface area (Å²) in [6.45, 7) is 0.253. The van der Waals surface area contributed by atoms with Crippen molar-refractivity contribution >= 4 is 5.97 Å². The molecule has 0 saturated heterocycles. The zero-order chi connectivity index (χ0) is 26.7. The molecular formula is C28H19F3N4O3. The molecule has 0 aliphatic rings. The first-order valence-corrected chi connectivity index (χ1v) is 11.4. The Morgan fingerprint density at radius 2 is 1.58 bits per heavy atom. The van der Waals surface area contributed by atoms with Gasteiger partial charge in [0.25, 0.3) is 5.95 Å². The smallest absolute Gasteiger partial charge is 0.434 e. The van der Waals surface area contributed by atoms with Gasteiger partial charge in [0.15, 0.2) is 5.69 Å². The van der Waals surface area contributed by atoms with Gasteiger partial charge in [-0.25, -0.2) is 14.8 Å². The maximum absolute atomic E-state index is 13.7. The highest BCUT2D eigenvalue weighted by Crippen LogP contribution is 2.34. The Bertz CT molecular complexity index is 1580. The molecule has 2 aromatic heterocycles. The van der Waals surface area contributed by atoms with Crippen LogP contribution in [0.2, 0.25) is 0 Å². The monoisotopic (exact) mass is 516 g/mol. The summed E-state index contributed by atoms with van der Waals surface area (Å²) in [7, 11) is 0. The lowest BCUT2D eigenvalue weighted by Gasteiger charge is -2.13. The van der Waals surface area contributed by atoms with Crippen LogP contribution in [0.4, 0.5) is 13.2 Å². The van der Waals surface area contributed by atoms with Crippen LogP contribution in [0.15, 0.2) is 97.3 Å². The van der Waals surface area contributed by atoms with Crippen molar-refractivity contribution in [2.75, 3.05) is 0 Å². The topological polar surface area (TPSA) is 90.1 Å². The van der Waals surface area contributed by atoms with Gasteiger partial charge < -0.3 is 9.84 Å². The molecule has 10 heteroatoms. The molecule has 2 heterocycles. The van der Waals surface area contributed by atoms with Gasteiger partial charge in [0, 0.05) is 11.8 Å². The van der Waals surface area contributed by atoms with E-state index in [4.69, 9.17) is 4.74 Å². The summed E-state index contributed by atoms with van der Waals surface area (Å²) in [5.41, 5.74) is 1.45. The molecule has 0 unspecified atom stereocenters. The van der Waals surface area contributed by atoms with Gasteiger partial charge in [-0.15, -0.1) is 0 Å². The van der Waals surface area contributed by atoms with Crippen LogP contribution in [0, 0.1) is 0 Å². The molecule has 190 valence electrons. The third kappa shape index (κ3) is 5.10. The van der Waals surface area contributed by atoms with Gasteiger partial charge >= 0.3 is 12.1 Å². The first-order valence-electron chi connectivity index (χ1n) is 11.4. The zero-order valence-corrected chi connectivity index (χ0v) is 19.6. The molecule has 3 aromatic carbocycles. The van der Waals surface area contributed by atoms with Crippen LogP contribution < -0.4 is 4.74 Å². The quantitative estimate of drug-likeness (QED) is 0.273. The second-order valence-corrected chi connectivity index (χ2v) is 8.21. The number of alkyl halides is 3. The van der Waals surface area contributed by atoms with Gasteiger partial charge in [0.2, 0.25) is 0 Å². The summed E-state index contributed by atoms with van der Waals surface area (Å²) in [5.74, 6) is -1.71. The van der Waals surface area contributed by atoms with E-state index in [0.717, 1.165) is 16.7 Å². The minimum Gasteiger partial charge on any atom is -0.488 e. The van der Waals surface area contributed by atoms with E-state index in [9.17, 15) is 23.1 Å². The van der Waals surface area contributed by atoms with Gasteiger partial charge in [-0.3, -0.25) is 0 Å². The molecule has 0 amide bonds. The summed E-state index contributed by atoms with van der Waals surface area (Å²) >= 11 is 0. The Kier molecular flexibility index (Phi) is 6.61. The molecule has 38 heavy (non-hydrogen) atoms. The number of carbonyl (C=O) groups is 1. The van der Waals surface area contributed by atoms with Gasteiger partial charge in [0.1, 0.15) is 17.9 Å².